The van der Waals surface area contributed by atoms with Crippen LogP contribution in [0.2, 0.25) is 0 Å². The van der Waals surface area contributed by atoms with Crippen molar-refractivity contribution >= 4 is 0 Å². The molecule has 19 heavy (non-hydrogen) atoms. The van der Waals surface area contributed by atoms with Crippen molar-refractivity contribution in [2.75, 3.05) is 0 Å². The van der Waals surface area contributed by atoms with Gasteiger partial charge in [-0.25, -0.2) is 0 Å². The van der Waals surface area contributed by atoms with E-state index in [1.54, 1.807) is 0 Å². The number of halogens is 3. The molecule has 0 radical (unpaired) electrons. The van der Waals surface area contributed by atoms with Crippen molar-refractivity contribution in [2.24, 2.45) is 0 Å². The van der Waals surface area contributed by atoms with E-state index in [4.69, 9.17) is 0 Å². The molecule has 0 saturated carbocycles. The molecule has 0 N–H and O–H groups in total. The van der Waals surface area contributed by atoms with Crippen LogP contribution in [0.5, 0.6) is 0 Å². The van der Waals surface area contributed by atoms with E-state index in [1.165, 1.54) is 57.7 Å². The van der Waals surface area contributed by atoms with Gasteiger partial charge in [0.05, 0.1) is 5.56 Å². The second kappa shape index (κ2) is 9.82. The number of rotatable bonds is 5. The molecule has 0 aromatic carbocycles. The summed E-state index contributed by atoms with van der Waals surface area (Å²) in [6, 6.07) is 2.29. The Morgan fingerprint density at radius 2 is 1.53 bits per heavy atom. The van der Waals surface area contributed by atoms with E-state index in [0.717, 1.165) is 6.07 Å². The minimum Gasteiger partial charge on any atom is -0.261 e. The first-order valence-corrected chi connectivity index (χ1v) is 6.92. The highest BCUT2D eigenvalue weighted by molar-refractivity contribution is 5.21. The van der Waals surface area contributed by atoms with Gasteiger partial charge in [0.2, 0.25) is 0 Å². The van der Waals surface area contributed by atoms with Gasteiger partial charge in [-0.15, -0.1) is 0 Å². The Morgan fingerprint density at radius 1 is 1.00 bits per heavy atom. The quantitative estimate of drug-likeness (QED) is 0.621. The standard InChI is InChI=1S/C8H18.C7H6F3N/c1-3-5-7-8-6-4-2;1-5-6(7(8,9)10)3-2-4-11-5/h3-8H2,1-2H3;2-4H,1H3. The van der Waals surface area contributed by atoms with Gasteiger partial charge < -0.3 is 0 Å². The molecule has 0 aliphatic heterocycles. The van der Waals surface area contributed by atoms with Crippen LogP contribution >= 0.6 is 0 Å². The summed E-state index contributed by atoms with van der Waals surface area (Å²) in [5.41, 5.74) is -0.653. The maximum Gasteiger partial charge on any atom is 0.418 e. The maximum atomic E-state index is 12.0. The van der Waals surface area contributed by atoms with Gasteiger partial charge in [0.15, 0.2) is 0 Å². The van der Waals surface area contributed by atoms with Crippen LogP contribution in [0.3, 0.4) is 0 Å². The van der Waals surface area contributed by atoms with E-state index in [0.29, 0.717) is 0 Å². The summed E-state index contributed by atoms with van der Waals surface area (Å²) in [6.45, 7) is 5.85. The summed E-state index contributed by atoms with van der Waals surface area (Å²) in [5.74, 6) is 0. The molecule has 0 aliphatic rings. The van der Waals surface area contributed by atoms with Crippen LogP contribution in [-0.2, 0) is 6.18 Å². The predicted molar refractivity (Wildman–Crippen MR) is 73.0 cm³/mol. The molecular weight excluding hydrogens is 251 g/mol. The van der Waals surface area contributed by atoms with Crippen LogP contribution < -0.4 is 0 Å². The summed E-state index contributed by atoms with van der Waals surface area (Å²) in [6.07, 6.45) is 5.55. The zero-order valence-electron chi connectivity index (χ0n) is 12.1. The van der Waals surface area contributed by atoms with Gasteiger partial charge in [0.1, 0.15) is 0 Å². The number of aromatic nitrogens is 1. The summed E-state index contributed by atoms with van der Waals surface area (Å²) in [7, 11) is 0. The van der Waals surface area contributed by atoms with Crippen molar-refractivity contribution in [3.8, 4) is 0 Å². The Kier molecular flexibility index (Phi) is 9.27. The van der Waals surface area contributed by atoms with Crippen LogP contribution in [0.4, 0.5) is 13.2 Å². The zero-order chi connectivity index (χ0) is 14.7. The number of unbranched alkanes of at least 4 members (excludes halogenated alkanes) is 5. The third-order valence-corrected chi connectivity index (χ3v) is 2.77. The van der Waals surface area contributed by atoms with Crippen LogP contribution in [0.25, 0.3) is 0 Å². The number of nitrogens with zero attached hydrogens (tertiary/aromatic N) is 1. The molecule has 0 amide bonds. The first kappa shape index (κ1) is 17.9. The van der Waals surface area contributed by atoms with Crippen LogP contribution in [0.15, 0.2) is 18.3 Å². The summed E-state index contributed by atoms with van der Waals surface area (Å²) in [4.78, 5) is 3.53. The molecule has 4 heteroatoms. The average Bonchev–Trinajstić information content (AvgIpc) is 2.35. The van der Waals surface area contributed by atoms with E-state index in [1.807, 2.05) is 0 Å². The third-order valence-electron chi connectivity index (χ3n) is 2.77. The van der Waals surface area contributed by atoms with Crippen molar-refractivity contribution < 1.29 is 13.2 Å². The van der Waals surface area contributed by atoms with Gasteiger partial charge in [-0.2, -0.15) is 13.2 Å². The Balaban J connectivity index is 0.000000362. The Morgan fingerprint density at radius 3 is 1.84 bits per heavy atom. The van der Waals surface area contributed by atoms with Gasteiger partial charge in [0, 0.05) is 11.9 Å². The van der Waals surface area contributed by atoms with Crippen LogP contribution in [0, 0.1) is 6.92 Å². The highest BCUT2D eigenvalue weighted by Gasteiger charge is 2.32. The Bertz CT molecular complexity index is 328. The molecule has 0 aliphatic carbocycles. The Labute approximate surface area is 114 Å². The fourth-order valence-electron chi connectivity index (χ4n) is 1.64. The largest absolute Gasteiger partial charge is 0.418 e. The lowest BCUT2D eigenvalue weighted by atomic mass is 10.1. The molecule has 1 rings (SSSR count). The second-order valence-electron chi connectivity index (χ2n) is 4.55. The van der Waals surface area contributed by atoms with Gasteiger partial charge in [0.25, 0.3) is 0 Å². The van der Waals surface area contributed by atoms with E-state index in [-0.39, 0.29) is 5.69 Å². The molecule has 0 spiro atoms. The first-order valence-electron chi connectivity index (χ1n) is 6.92. The van der Waals surface area contributed by atoms with Crippen LogP contribution in [-0.4, -0.2) is 4.98 Å². The second-order valence-corrected chi connectivity index (χ2v) is 4.55. The van der Waals surface area contributed by atoms with Crippen molar-refractivity contribution in [2.45, 2.75) is 65.5 Å². The molecule has 1 aromatic heterocycles. The van der Waals surface area contributed by atoms with Gasteiger partial charge in [-0.1, -0.05) is 52.4 Å². The minimum absolute atomic E-state index is 0.0139. The lowest BCUT2D eigenvalue weighted by Gasteiger charge is -2.07. The fourth-order valence-corrected chi connectivity index (χ4v) is 1.64. The summed E-state index contributed by atoms with van der Waals surface area (Å²) >= 11 is 0. The van der Waals surface area contributed by atoms with Gasteiger partial charge in [-0.05, 0) is 19.1 Å². The molecule has 0 fully saturated rings. The van der Waals surface area contributed by atoms with Crippen molar-refractivity contribution in [1.29, 1.82) is 0 Å². The molecule has 0 saturated heterocycles. The monoisotopic (exact) mass is 275 g/mol. The topological polar surface area (TPSA) is 12.9 Å². The number of hydrogen-bond acceptors (Lipinski definition) is 1. The third kappa shape index (κ3) is 8.62. The predicted octanol–water partition coefficient (Wildman–Crippen LogP) is 5.78. The van der Waals surface area contributed by atoms with E-state index < -0.39 is 11.7 Å². The summed E-state index contributed by atoms with van der Waals surface area (Å²) in [5, 5.41) is 0. The maximum absolute atomic E-state index is 12.0. The normalized spacial score (nSPS) is 10.8. The number of hydrogen-bond donors (Lipinski definition) is 0. The smallest absolute Gasteiger partial charge is 0.261 e. The molecular formula is C15H24F3N. The molecule has 1 aromatic rings. The van der Waals surface area contributed by atoms with Gasteiger partial charge in [-0.3, -0.25) is 4.98 Å². The van der Waals surface area contributed by atoms with E-state index >= 15 is 0 Å². The van der Waals surface area contributed by atoms with Crippen molar-refractivity contribution in [3.05, 3.63) is 29.6 Å². The molecule has 1 nitrogen and oxygen atoms in total. The number of alkyl halides is 3. The highest BCUT2D eigenvalue weighted by Crippen LogP contribution is 2.30. The first-order chi connectivity index (χ1) is 8.93. The van der Waals surface area contributed by atoms with Crippen molar-refractivity contribution in [3.63, 3.8) is 0 Å². The lowest BCUT2D eigenvalue weighted by molar-refractivity contribution is -0.138. The Hall–Kier alpha value is -1.06. The van der Waals surface area contributed by atoms with Gasteiger partial charge >= 0.3 is 6.18 Å². The fraction of sp³-hybridized carbons (Fsp3) is 0.667. The molecule has 0 bridgehead atoms. The zero-order valence-corrected chi connectivity index (χ0v) is 12.1. The molecule has 0 unspecified atom stereocenters. The number of pyridine rings is 1. The van der Waals surface area contributed by atoms with E-state index in [2.05, 4.69) is 18.8 Å². The minimum atomic E-state index is -4.28. The highest BCUT2D eigenvalue weighted by atomic mass is 19.4. The molecule has 1 heterocycles. The number of aryl methyl sites for hydroxylation is 1. The van der Waals surface area contributed by atoms with Crippen molar-refractivity contribution in [1.82, 2.24) is 4.98 Å². The molecule has 0 atom stereocenters. The average molecular weight is 275 g/mol. The lowest BCUT2D eigenvalue weighted by Crippen LogP contribution is -2.07. The van der Waals surface area contributed by atoms with Crippen LogP contribution in [0.1, 0.15) is 63.6 Å². The summed E-state index contributed by atoms with van der Waals surface area (Å²) < 4.78 is 36.0. The SMILES string of the molecule is CCCCCCCC.Cc1ncccc1C(F)(F)F. The van der Waals surface area contributed by atoms with E-state index in [9.17, 15) is 13.2 Å². The molecule has 110 valence electrons.